The van der Waals surface area contributed by atoms with Gasteiger partial charge in [0.2, 0.25) is 0 Å². The predicted molar refractivity (Wildman–Crippen MR) is 110 cm³/mol. The number of nitrogens with zero attached hydrogens (tertiary/aromatic N) is 1. The highest BCUT2D eigenvalue weighted by Crippen LogP contribution is 2.33. The van der Waals surface area contributed by atoms with Crippen LogP contribution in [0.25, 0.3) is 0 Å². The van der Waals surface area contributed by atoms with Crippen LogP contribution in [0.15, 0.2) is 54.6 Å². The van der Waals surface area contributed by atoms with Crippen molar-refractivity contribution in [2.75, 3.05) is 38.6 Å². The van der Waals surface area contributed by atoms with Crippen LogP contribution >= 0.6 is 0 Å². The lowest BCUT2D eigenvalue weighted by atomic mass is 9.80. The molecule has 1 heterocycles. The third kappa shape index (κ3) is 5.01. The summed E-state index contributed by atoms with van der Waals surface area (Å²) in [6.07, 6.45) is 3.82. The fraction of sp³-hybridized carbons (Fsp3) is 0.478. The molecule has 3 heteroatoms. The van der Waals surface area contributed by atoms with E-state index in [1.54, 1.807) is 7.11 Å². The fourth-order valence-corrected chi connectivity index (χ4v) is 4.00. The minimum Gasteiger partial charge on any atom is -0.497 e. The second-order valence-corrected chi connectivity index (χ2v) is 7.33. The Balaban J connectivity index is 1.66. The molecule has 26 heavy (non-hydrogen) atoms. The van der Waals surface area contributed by atoms with Crippen LogP contribution in [0, 0.1) is 5.92 Å². The standard InChI is InChI=1S/C23H32N2O/c1-3-4-15-25-16-14-23(19-8-6-5-7-9-19)20(18-25)17-24-21-10-12-22(26-2)13-11-21/h5-13,20,23-24H,3-4,14-18H2,1-2H3. The summed E-state index contributed by atoms with van der Waals surface area (Å²) in [5, 5.41) is 3.66. The minimum absolute atomic E-state index is 0.630. The maximum atomic E-state index is 5.26. The molecule has 2 aromatic rings. The van der Waals surface area contributed by atoms with Crippen molar-refractivity contribution in [3.05, 3.63) is 60.2 Å². The summed E-state index contributed by atoms with van der Waals surface area (Å²) in [6, 6.07) is 19.3. The normalized spacial score (nSPS) is 20.7. The van der Waals surface area contributed by atoms with Gasteiger partial charge in [0.05, 0.1) is 7.11 Å². The summed E-state index contributed by atoms with van der Waals surface area (Å²) in [7, 11) is 1.71. The first-order valence-corrected chi connectivity index (χ1v) is 9.95. The van der Waals surface area contributed by atoms with Gasteiger partial charge in [-0.3, -0.25) is 0 Å². The van der Waals surface area contributed by atoms with Crippen LogP contribution in [0.4, 0.5) is 5.69 Å². The first-order valence-electron chi connectivity index (χ1n) is 9.95. The van der Waals surface area contributed by atoms with E-state index in [0.717, 1.165) is 12.3 Å². The Morgan fingerprint density at radius 2 is 1.85 bits per heavy atom. The highest BCUT2D eigenvalue weighted by molar-refractivity contribution is 5.46. The average molecular weight is 353 g/mol. The van der Waals surface area contributed by atoms with Gasteiger partial charge in [0.25, 0.3) is 0 Å². The number of nitrogens with one attached hydrogen (secondary N) is 1. The number of ether oxygens (including phenoxy) is 1. The number of anilines is 1. The Bertz CT molecular complexity index is 641. The van der Waals surface area contributed by atoms with Crippen LogP contribution in [0.5, 0.6) is 5.75 Å². The second-order valence-electron chi connectivity index (χ2n) is 7.33. The molecule has 0 aliphatic carbocycles. The molecule has 3 nitrogen and oxygen atoms in total. The summed E-state index contributed by atoms with van der Waals surface area (Å²) in [6.45, 7) is 6.92. The summed E-state index contributed by atoms with van der Waals surface area (Å²) in [4.78, 5) is 2.66. The topological polar surface area (TPSA) is 24.5 Å². The molecular formula is C23H32N2O. The molecule has 3 rings (SSSR count). The number of benzene rings is 2. The summed E-state index contributed by atoms with van der Waals surface area (Å²) < 4.78 is 5.26. The Hall–Kier alpha value is -2.00. The maximum absolute atomic E-state index is 5.26. The third-order valence-electron chi connectivity index (χ3n) is 5.53. The number of piperidine rings is 1. The zero-order chi connectivity index (χ0) is 18.2. The maximum Gasteiger partial charge on any atom is 0.119 e. The van der Waals surface area contributed by atoms with Crippen LogP contribution < -0.4 is 10.1 Å². The van der Waals surface area contributed by atoms with E-state index in [0.29, 0.717) is 11.8 Å². The number of likely N-dealkylation sites (tertiary alicyclic amines) is 1. The molecule has 2 aromatic carbocycles. The van der Waals surface area contributed by atoms with E-state index in [1.807, 2.05) is 12.1 Å². The lowest BCUT2D eigenvalue weighted by Crippen LogP contribution is -2.42. The molecular weight excluding hydrogens is 320 g/mol. The smallest absolute Gasteiger partial charge is 0.119 e. The number of unbranched alkanes of at least 4 members (excludes halogenated alkanes) is 1. The largest absolute Gasteiger partial charge is 0.497 e. The molecule has 0 bridgehead atoms. The third-order valence-corrected chi connectivity index (χ3v) is 5.53. The van der Waals surface area contributed by atoms with Crippen LogP contribution in [-0.4, -0.2) is 38.2 Å². The van der Waals surface area contributed by atoms with Crippen molar-refractivity contribution in [3.63, 3.8) is 0 Å². The molecule has 2 unspecified atom stereocenters. The Kier molecular flexibility index (Phi) is 6.96. The molecule has 0 radical (unpaired) electrons. The zero-order valence-corrected chi connectivity index (χ0v) is 16.2. The van der Waals surface area contributed by atoms with Gasteiger partial charge in [0, 0.05) is 18.8 Å². The molecule has 1 fully saturated rings. The number of methoxy groups -OCH3 is 1. The summed E-state index contributed by atoms with van der Waals surface area (Å²) in [5.41, 5.74) is 2.66. The molecule has 1 aliphatic rings. The van der Waals surface area contributed by atoms with Crippen molar-refractivity contribution in [3.8, 4) is 5.75 Å². The van der Waals surface area contributed by atoms with Crippen LogP contribution in [0.2, 0.25) is 0 Å². The Labute approximate surface area is 158 Å². The van der Waals surface area contributed by atoms with Gasteiger partial charge in [0.1, 0.15) is 5.75 Å². The molecule has 1 N–H and O–H groups in total. The molecule has 1 aliphatic heterocycles. The molecule has 0 spiro atoms. The molecule has 1 saturated heterocycles. The number of hydrogen-bond donors (Lipinski definition) is 1. The second kappa shape index (κ2) is 9.63. The van der Waals surface area contributed by atoms with Gasteiger partial charge in [0.15, 0.2) is 0 Å². The SMILES string of the molecule is CCCCN1CCC(c2ccccc2)C(CNc2ccc(OC)cc2)C1. The van der Waals surface area contributed by atoms with E-state index >= 15 is 0 Å². The molecule has 0 amide bonds. The Morgan fingerprint density at radius 3 is 2.54 bits per heavy atom. The molecule has 0 saturated carbocycles. The number of hydrogen-bond acceptors (Lipinski definition) is 3. The van der Waals surface area contributed by atoms with E-state index in [4.69, 9.17) is 4.74 Å². The van der Waals surface area contributed by atoms with Gasteiger partial charge < -0.3 is 15.0 Å². The highest BCUT2D eigenvalue weighted by atomic mass is 16.5. The lowest BCUT2D eigenvalue weighted by Gasteiger charge is -2.39. The van der Waals surface area contributed by atoms with Gasteiger partial charge in [-0.05, 0) is 67.6 Å². The van der Waals surface area contributed by atoms with Gasteiger partial charge in [-0.1, -0.05) is 43.7 Å². The van der Waals surface area contributed by atoms with Crippen molar-refractivity contribution >= 4 is 5.69 Å². The van der Waals surface area contributed by atoms with Crippen molar-refractivity contribution in [2.45, 2.75) is 32.1 Å². The van der Waals surface area contributed by atoms with Crippen molar-refractivity contribution in [1.82, 2.24) is 4.90 Å². The average Bonchev–Trinajstić information content (AvgIpc) is 2.71. The van der Waals surface area contributed by atoms with Crippen LogP contribution in [-0.2, 0) is 0 Å². The quantitative estimate of drug-likeness (QED) is 0.722. The van der Waals surface area contributed by atoms with E-state index in [-0.39, 0.29) is 0 Å². The van der Waals surface area contributed by atoms with Gasteiger partial charge in [-0.2, -0.15) is 0 Å². The van der Waals surface area contributed by atoms with Gasteiger partial charge in [-0.25, -0.2) is 0 Å². The van der Waals surface area contributed by atoms with E-state index in [1.165, 1.54) is 50.1 Å². The molecule has 140 valence electrons. The van der Waals surface area contributed by atoms with Crippen LogP contribution in [0.1, 0.15) is 37.7 Å². The van der Waals surface area contributed by atoms with E-state index in [9.17, 15) is 0 Å². The number of rotatable bonds is 8. The fourth-order valence-electron chi connectivity index (χ4n) is 4.00. The van der Waals surface area contributed by atoms with Crippen LogP contribution in [0.3, 0.4) is 0 Å². The monoisotopic (exact) mass is 352 g/mol. The Morgan fingerprint density at radius 1 is 1.08 bits per heavy atom. The van der Waals surface area contributed by atoms with E-state index in [2.05, 4.69) is 59.6 Å². The molecule has 2 atom stereocenters. The first-order chi connectivity index (χ1) is 12.8. The van der Waals surface area contributed by atoms with E-state index < -0.39 is 0 Å². The first kappa shape index (κ1) is 18.8. The van der Waals surface area contributed by atoms with Gasteiger partial charge >= 0.3 is 0 Å². The highest BCUT2D eigenvalue weighted by Gasteiger charge is 2.29. The van der Waals surface area contributed by atoms with Crippen molar-refractivity contribution in [2.24, 2.45) is 5.92 Å². The summed E-state index contributed by atoms with van der Waals surface area (Å²) in [5.74, 6) is 2.17. The predicted octanol–water partition coefficient (Wildman–Crippen LogP) is 5.01. The lowest BCUT2D eigenvalue weighted by molar-refractivity contribution is 0.157. The van der Waals surface area contributed by atoms with Crippen molar-refractivity contribution in [1.29, 1.82) is 0 Å². The van der Waals surface area contributed by atoms with Crippen molar-refractivity contribution < 1.29 is 4.74 Å². The minimum atomic E-state index is 0.630. The zero-order valence-electron chi connectivity index (χ0n) is 16.2. The summed E-state index contributed by atoms with van der Waals surface area (Å²) >= 11 is 0. The molecule has 0 aromatic heterocycles. The van der Waals surface area contributed by atoms with Gasteiger partial charge in [-0.15, -0.1) is 0 Å².